The Labute approximate surface area is 184 Å². The van der Waals surface area contributed by atoms with Crippen LogP contribution in [0.4, 0.5) is 0 Å². The second-order valence-electron chi connectivity index (χ2n) is 8.43. The molecule has 2 aliphatic rings. The third kappa shape index (κ3) is 3.27. The van der Waals surface area contributed by atoms with Gasteiger partial charge in [-0.15, -0.1) is 24.8 Å². The summed E-state index contributed by atoms with van der Waals surface area (Å²) in [5, 5.41) is 12.0. The molecule has 6 rings (SSSR count). The van der Waals surface area contributed by atoms with E-state index in [0.29, 0.717) is 6.04 Å². The molecule has 1 atom stereocenters. The molecule has 4 aromatic rings. The minimum atomic E-state index is 0. The Hall–Kier alpha value is -1.58. The van der Waals surface area contributed by atoms with Crippen molar-refractivity contribution in [2.45, 2.75) is 25.3 Å². The Morgan fingerprint density at radius 1 is 0.759 bits per heavy atom. The molecule has 0 unspecified atom stereocenters. The standard InChI is InChI=1S/C25H26N2.2ClH/c1-3-17-7-8-19-10-12-22(21-11-9-18(4-1)23(17)24(19)21)25(20-5-2-6-20)27-15-13-26-14-16-27;;/h1,3-4,7-12,20,25-26H,2,5-6,13-16H2;2*1H/t25-;;/m1../s1. The molecule has 1 saturated carbocycles. The molecule has 0 bridgehead atoms. The molecule has 1 heterocycles. The van der Waals surface area contributed by atoms with Crippen molar-refractivity contribution < 1.29 is 0 Å². The zero-order chi connectivity index (χ0) is 17.8. The maximum atomic E-state index is 3.53. The number of rotatable bonds is 3. The summed E-state index contributed by atoms with van der Waals surface area (Å²) in [5.74, 6) is 0.821. The van der Waals surface area contributed by atoms with E-state index in [1.807, 2.05) is 0 Å². The van der Waals surface area contributed by atoms with Crippen LogP contribution in [0.1, 0.15) is 30.9 Å². The van der Waals surface area contributed by atoms with Crippen LogP contribution in [0.5, 0.6) is 0 Å². The summed E-state index contributed by atoms with van der Waals surface area (Å²) < 4.78 is 0. The van der Waals surface area contributed by atoms with Crippen molar-refractivity contribution in [2.75, 3.05) is 26.2 Å². The highest BCUT2D eigenvalue weighted by molar-refractivity contribution is 6.23. The van der Waals surface area contributed by atoms with E-state index in [1.165, 1.54) is 64.7 Å². The van der Waals surface area contributed by atoms with Crippen LogP contribution in [0.25, 0.3) is 32.3 Å². The Morgan fingerprint density at radius 3 is 2.03 bits per heavy atom. The fourth-order valence-corrected chi connectivity index (χ4v) is 5.48. The normalized spacial score (nSPS) is 19.0. The highest BCUT2D eigenvalue weighted by Gasteiger charge is 2.34. The topological polar surface area (TPSA) is 15.3 Å². The molecule has 0 amide bonds. The quantitative estimate of drug-likeness (QED) is 0.393. The highest BCUT2D eigenvalue weighted by Crippen LogP contribution is 2.45. The number of halogens is 2. The average molecular weight is 427 g/mol. The van der Waals surface area contributed by atoms with Crippen LogP contribution in [0, 0.1) is 5.92 Å². The molecule has 4 heteroatoms. The van der Waals surface area contributed by atoms with Gasteiger partial charge in [-0.05, 0) is 56.6 Å². The van der Waals surface area contributed by atoms with Crippen LogP contribution in [-0.2, 0) is 0 Å². The van der Waals surface area contributed by atoms with E-state index in [9.17, 15) is 0 Å². The van der Waals surface area contributed by atoms with Crippen LogP contribution in [0.15, 0.2) is 54.6 Å². The summed E-state index contributed by atoms with van der Waals surface area (Å²) >= 11 is 0. The predicted molar refractivity (Wildman–Crippen MR) is 129 cm³/mol. The van der Waals surface area contributed by atoms with Gasteiger partial charge in [0.2, 0.25) is 0 Å². The van der Waals surface area contributed by atoms with Gasteiger partial charge in [0.05, 0.1) is 0 Å². The van der Waals surface area contributed by atoms with Crippen molar-refractivity contribution >= 4 is 57.1 Å². The first kappa shape index (κ1) is 20.7. The van der Waals surface area contributed by atoms with E-state index in [2.05, 4.69) is 64.8 Å². The molecule has 1 aliphatic carbocycles. The van der Waals surface area contributed by atoms with Crippen molar-refractivity contribution in [1.82, 2.24) is 10.2 Å². The zero-order valence-electron chi connectivity index (χ0n) is 16.6. The molecule has 152 valence electrons. The Kier molecular flexibility index (Phi) is 5.90. The molecule has 29 heavy (non-hydrogen) atoms. The van der Waals surface area contributed by atoms with Crippen molar-refractivity contribution in [1.29, 1.82) is 0 Å². The summed E-state index contributed by atoms with van der Waals surface area (Å²) in [7, 11) is 0. The van der Waals surface area contributed by atoms with Gasteiger partial charge in [-0.2, -0.15) is 0 Å². The van der Waals surface area contributed by atoms with Gasteiger partial charge in [0.25, 0.3) is 0 Å². The Morgan fingerprint density at radius 2 is 1.38 bits per heavy atom. The van der Waals surface area contributed by atoms with E-state index >= 15 is 0 Å². The lowest BCUT2D eigenvalue weighted by atomic mass is 9.75. The molecular weight excluding hydrogens is 399 g/mol. The predicted octanol–water partition coefficient (Wildman–Crippen LogP) is 6.17. The van der Waals surface area contributed by atoms with Gasteiger partial charge < -0.3 is 5.32 Å². The maximum absolute atomic E-state index is 3.53. The fourth-order valence-electron chi connectivity index (χ4n) is 5.48. The SMILES string of the molecule is Cl.Cl.c1cc2ccc3ccc([C@@H](C4CCC4)N4CCNCC4)c4ccc(c1)c2c34. The van der Waals surface area contributed by atoms with Gasteiger partial charge in [-0.25, -0.2) is 0 Å². The third-order valence-corrected chi connectivity index (χ3v) is 7.02. The average Bonchev–Trinajstić information content (AvgIpc) is 2.69. The van der Waals surface area contributed by atoms with E-state index in [0.717, 1.165) is 19.0 Å². The van der Waals surface area contributed by atoms with Crippen LogP contribution < -0.4 is 5.32 Å². The van der Waals surface area contributed by atoms with E-state index in [1.54, 1.807) is 5.56 Å². The smallest absolute Gasteiger partial charge is 0.0383 e. The maximum Gasteiger partial charge on any atom is 0.0383 e. The molecular formula is C25H28Cl2N2. The fraction of sp³-hybridized carbons (Fsp3) is 0.360. The van der Waals surface area contributed by atoms with Gasteiger partial charge in [-0.3, -0.25) is 4.90 Å². The molecule has 1 N–H and O–H groups in total. The summed E-state index contributed by atoms with van der Waals surface area (Å²) in [6.07, 6.45) is 4.17. The third-order valence-electron chi connectivity index (χ3n) is 7.02. The molecule has 0 aromatic heterocycles. The molecule has 2 nitrogen and oxygen atoms in total. The minimum Gasteiger partial charge on any atom is -0.314 e. The number of hydrogen-bond acceptors (Lipinski definition) is 2. The molecule has 0 radical (unpaired) electrons. The minimum absolute atomic E-state index is 0. The number of hydrogen-bond donors (Lipinski definition) is 1. The highest BCUT2D eigenvalue weighted by atomic mass is 35.5. The largest absolute Gasteiger partial charge is 0.314 e. The molecule has 1 saturated heterocycles. The molecule has 4 aromatic carbocycles. The van der Waals surface area contributed by atoms with E-state index < -0.39 is 0 Å². The van der Waals surface area contributed by atoms with Gasteiger partial charge in [0, 0.05) is 32.2 Å². The van der Waals surface area contributed by atoms with Crippen molar-refractivity contribution in [3.63, 3.8) is 0 Å². The van der Waals surface area contributed by atoms with Crippen LogP contribution >= 0.6 is 24.8 Å². The lowest BCUT2D eigenvalue weighted by molar-refractivity contribution is 0.0847. The second-order valence-corrected chi connectivity index (χ2v) is 8.43. The molecule has 1 aliphatic heterocycles. The number of benzene rings is 4. The molecule has 0 spiro atoms. The first-order valence-corrected chi connectivity index (χ1v) is 10.5. The second kappa shape index (κ2) is 8.28. The molecule has 2 fully saturated rings. The van der Waals surface area contributed by atoms with E-state index in [-0.39, 0.29) is 24.8 Å². The zero-order valence-corrected chi connectivity index (χ0v) is 18.2. The van der Waals surface area contributed by atoms with Crippen LogP contribution in [0.2, 0.25) is 0 Å². The van der Waals surface area contributed by atoms with Gasteiger partial charge >= 0.3 is 0 Å². The number of piperazine rings is 1. The van der Waals surface area contributed by atoms with Gasteiger partial charge in [0.1, 0.15) is 0 Å². The van der Waals surface area contributed by atoms with Crippen molar-refractivity contribution in [2.24, 2.45) is 5.92 Å². The Balaban J connectivity index is 0.00000102. The number of nitrogens with one attached hydrogen (secondary N) is 1. The van der Waals surface area contributed by atoms with E-state index in [4.69, 9.17) is 0 Å². The van der Waals surface area contributed by atoms with Crippen LogP contribution in [-0.4, -0.2) is 31.1 Å². The van der Waals surface area contributed by atoms with Crippen LogP contribution in [0.3, 0.4) is 0 Å². The summed E-state index contributed by atoms with van der Waals surface area (Å²) in [6, 6.07) is 21.4. The Bertz CT molecular complexity index is 1100. The first-order valence-electron chi connectivity index (χ1n) is 10.5. The summed E-state index contributed by atoms with van der Waals surface area (Å²) in [6.45, 7) is 4.58. The lowest BCUT2D eigenvalue weighted by Crippen LogP contribution is -2.47. The van der Waals surface area contributed by atoms with Gasteiger partial charge in [-0.1, -0.05) is 61.0 Å². The number of nitrogens with zero attached hydrogens (tertiary/aromatic N) is 1. The van der Waals surface area contributed by atoms with Crippen molar-refractivity contribution in [3.8, 4) is 0 Å². The van der Waals surface area contributed by atoms with Crippen molar-refractivity contribution in [3.05, 3.63) is 60.2 Å². The lowest BCUT2D eigenvalue weighted by Gasteiger charge is -2.43. The first-order chi connectivity index (χ1) is 13.4. The van der Waals surface area contributed by atoms with Gasteiger partial charge in [0.15, 0.2) is 0 Å². The summed E-state index contributed by atoms with van der Waals surface area (Å²) in [4.78, 5) is 2.76. The monoisotopic (exact) mass is 426 g/mol. The summed E-state index contributed by atoms with van der Waals surface area (Å²) in [5.41, 5.74) is 1.56.